The van der Waals surface area contributed by atoms with Crippen LogP contribution in [0.5, 0.6) is 0 Å². The van der Waals surface area contributed by atoms with Crippen LogP contribution in [0.2, 0.25) is 5.02 Å². The zero-order valence-electron chi connectivity index (χ0n) is 11.1. The Morgan fingerprint density at radius 2 is 2.19 bits per heavy atom. The molecule has 21 heavy (non-hydrogen) atoms. The number of benzene rings is 1. The second kappa shape index (κ2) is 6.87. The highest BCUT2D eigenvalue weighted by atomic mass is 79.9. The van der Waals surface area contributed by atoms with E-state index in [2.05, 4.69) is 31.5 Å². The van der Waals surface area contributed by atoms with Crippen LogP contribution in [0.1, 0.15) is 17.4 Å². The quantitative estimate of drug-likeness (QED) is 0.840. The first-order chi connectivity index (χ1) is 10.0. The number of hydrogen-bond acceptors (Lipinski definition) is 3. The Hall–Kier alpha value is -1.66. The van der Waals surface area contributed by atoms with Crippen molar-refractivity contribution < 1.29 is 9.18 Å². The third-order valence-corrected chi connectivity index (χ3v) is 3.55. The maximum absolute atomic E-state index is 13.1. The summed E-state index contributed by atoms with van der Waals surface area (Å²) in [6.07, 6.45) is 1.57. The highest BCUT2D eigenvalue weighted by molar-refractivity contribution is 9.10. The van der Waals surface area contributed by atoms with E-state index >= 15 is 0 Å². The van der Waals surface area contributed by atoms with Gasteiger partial charge in [0, 0.05) is 11.0 Å². The number of nitrogens with one attached hydrogen (secondary N) is 2. The van der Waals surface area contributed by atoms with Gasteiger partial charge in [-0.1, -0.05) is 11.6 Å². The summed E-state index contributed by atoms with van der Waals surface area (Å²) >= 11 is 9.08. The third-order valence-electron chi connectivity index (χ3n) is 2.62. The Morgan fingerprint density at radius 3 is 2.76 bits per heavy atom. The van der Waals surface area contributed by atoms with Crippen molar-refractivity contribution in [2.24, 2.45) is 0 Å². The monoisotopic (exact) mass is 371 g/mol. The minimum atomic E-state index is -0.488. The van der Waals surface area contributed by atoms with Gasteiger partial charge in [-0.3, -0.25) is 4.79 Å². The lowest BCUT2D eigenvalue weighted by Gasteiger charge is -2.10. The van der Waals surface area contributed by atoms with Gasteiger partial charge in [-0.25, -0.2) is 9.37 Å². The van der Waals surface area contributed by atoms with Crippen LogP contribution < -0.4 is 10.6 Å². The molecule has 2 N–H and O–H groups in total. The molecule has 0 aliphatic rings. The molecule has 1 aromatic heterocycles. The van der Waals surface area contributed by atoms with Crippen LogP contribution in [0, 0.1) is 5.82 Å². The fraction of sp³-hybridized carbons (Fsp3) is 0.143. The average molecular weight is 373 g/mol. The first-order valence-corrected chi connectivity index (χ1v) is 7.34. The molecule has 1 amide bonds. The van der Waals surface area contributed by atoms with E-state index in [1.807, 2.05) is 6.92 Å². The van der Waals surface area contributed by atoms with Gasteiger partial charge in [-0.15, -0.1) is 0 Å². The predicted molar refractivity (Wildman–Crippen MR) is 85.5 cm³/mol. The van der Waals surface area contributed by atoms with Gasteiger partial charge in [-0.05, 0) is 47.1 Å². The molecule has 0 radical (unpaired) electrons. The Morgan fingerprint density at radius 1 is 1.43 bits per heavy atom. The second-order valence-electron chi connectivity index (χ2n) is 4.16. The molecule has 0 saturated carbocycles. The SMILES string of the molecule is CCNc1ccc(C(=O)Nc2c(Cl)cc(F)cc2Br)nc1. The van der Waals surface area contributed by atoms with Gasteiger partial charge in [0.25, 0.3) is 5.91 Å². The zero-order valence-corrected chi connectivity index (χ0v) is 13.4. The lowest BCUT2D eigenvalue weighted by atomic mass is 10.2. The third kappa shape index (κ3) is 3.92. The number of rotatable bonds is 4. The summed E-state index contributed by atoms with van der Waals surface area (Å²) in [7, 11) is 0. The Balaban J connectivity index is 2.18. The van der Waals surface area contributed by atoms with Gasteiger partial charge in [0.1, 0.15) is 11.5 Å². The molecule has 0 aliphatic carbocycles. The van der Waals surface area contributed by atoms with Gasteiger partial charge in [0.2, 0.25) is 0 Å². The first-order valence-electron chi connectivity index (χ1n) is 6.17. The number of halogens is 3. The fourth-order valence-electron chi connectivity index (χ4n) is 1.68. The zero-order chi connectivity index (χ0) is 15.4. The van der Waals surface area contributed by atoms with Crippen LogP contribution in [0.4, 0.5) is 15.8 Å². The topological polar surface area (TPSA) is 54.0 Å². The molecule has 0 saturated heterocycles. The number of nitrogens with zero attached hydrogens (tertiary/aromatic N) is 1. The molecule has 4 nitrogen and oxygen atoms in total. The fourth-order valence-corrected chi connectivity index (χ4v) is 2.57. The lowest BCUT2D eigenvalue weighted by Crippen LogP contribution is -2.14. The van der Waals surface area contributed by atoms with Crippen molar-refractivity contribution in [2.75, 3.05) is 17.2 Å². The Labute approximate surface area is 134 Å². The summed E-state index contributed by atoms with van der Waals surface area (Å²) in [4.78, 5) is 16.2. The number of carbonyl (C=O) groups is 1. The molecule has 7 heteroatoms. The van der Waals surface area contributed by atoms with Crippen molar-refractivity contribution in [1.29, 1.82) is 0 Å². The van der Waals surface area contributed by atoms with Gasteiger partial charge < -0.3 is 10.6 Å². The molecule has 1 heterocycles. The van der Waals surface area contributed by atoms with Crippen molar-refractivity contribution >= 4 is 44.8 Å². The number of carbonyl (C=O) groups excluding carboxylic acids is 1. The normalized spacial score (nSPS) is 10.3. The number of amides is 1. The summed E-state index contributed by atoms with van der Waals surface area (Å²) in [5.74, 6) is -0.912. The minimum absolute atomic E-state index is 0.111. The van der Waals surface area contributed by atoms with E-state index in [0.717, 1.165) is 18.3 Å². The molecule has 0 spiro atoms. The van der Waals surface area contributed by atoms with Crippen LogP contribution in [-0.2, 0) is 0 Å². The highest BCUT2D eigenvalue weighted by Crippen LogP contribution is 2.31. The number of hydrogen-bond donors (Lipinski definition) is 2. The standard InChI is InChI=1S/C14H12BrClFN3O/c1-2-18-9-3-4-12(19-7-9)14(21)20-13-10(15)5-8(17)6-11(13)16/h3-7,18H,2H2,1H3,(H,20,21). The molecule has 0 bridgehead atoms. The van der Waals surface area contributed by atoms with Crippen LogP contribution in [-0.4, -0.2) is 17.4 Å². The number of aromatic nitrogens is 1. The predicted octanol–water partition coefficient (Wildman–Crippen LogP) is 4.32. The molecule has 2 rings (SSSR count). The van der Waals surface area contributed by atoms with E-state index < -0.39 is 11.7 Å². The van der Waals surface area contributed by atoms with Crippen molar-refractivity contribution in [1.82, 2.24) is 4.98 Å². The Bertz CT molecular complexity index is 641. The van der Waals surface area contributed by atoms with Crippen LogP contribution >= 0.6 is 27.5 Å². The van der Waals surface area contributed by atoms with E-state index in [9.17, 15) is 9.18 Å². The van der Waals surface area contributed by atoms with E-state index in [-0.39, 0.29) is 10.7 Å². The van der Waals surface area contributed by atoms with Gasteiger partial charge >= 0.3 is 0 Å². The molecule has 110 valence electrons. The first kappa shape index (κ1) is 15.7. The molecule has 1 aromatic carbocycles. The highest BCUT2D eigenvalue weighted by Gasteiger charge is 2.13. The van der Waals surface area contributed by atoms with Crippen LogP contribution in [0.15, 0.2) is 34.9 Å². The largest absolute Gasteiger partial charge is 0.384 e. The van der Waals surface area contributed by atoms with E-state index in [4.69, 9.17) is 11.6 Å². The van der Waals surface area contributed by atoms with Crippen LogP contribution in [0.25, 0.3) is 0 Å². The van der Waals surface area contributed by atoms with Gasteiger partial charge in [0.15, 0.2) is 0 Å². The number of pyridine rings is 1. The van der Waals surface area contributed by atoms with Crippen LogP contribution in [0.3, 0.4) is 0 Å². The second-order valence-corrected chi connectivity index (χ2v) is 5.42. The van der Waals surface area contributed by atoms with E-state index in [1.165, 1.54) is 6.07 Å². The Kier molecular flexibility index (Phi) is 5.14. The molecular formula is C14H12BrClFN3O. The van der Waals surface area contributed by atoms with E-state index in [0.29, 0.717) is 10.2 Å². The molecule has 2 aromatic rings. The molecular weight excluding hydrogens is 361 g/mol. The van der Waals surface area contributed by atoms with E-state index in [1.54, 1.807) is 18.3 Å². The number of anilines is 2. The van der Waals surface area contributed by atoms with Crippen molar-refractivity contribution in [3.05, 3.63) is 51.5 Å². The maximum atomic E-state index is 13.1. The van der Waals surface area contributed by atoms with Gasteiger partial charge in [-0.2, -0.15) is 0 Å². The summed E-state index contributed by atoms with van der Waals surface area (Å²) in [5.41, 5.74) is 1.37. The van der Waals surface area contributed by atoms with Crippen molar-refractivity contribution in [3.8, 4) is 0 Å². The average Bonchev–Trinajstić information content (AvgIpc) is 2.43. The summed E-state index contributed by atoms with van der Waals surface area (Å²) in [5, 5.41) is 5.80. The van der Waals surface area contributed by atoms with Crippen molar-refractivity contribution in [3.63, 3.8) is 0 Å². The maximum Gasteiger partial charge on any atom is 0.274 e. The van der Waals surface area contributed by atoms with Crippen molar-refractivity contribution in [2.45, 2.75) is 6.92 Å². The summed E-state index contributed by atoms with van der Waals surface area (Å²) < 4.78 is 13.5. The van der Waals surface area contributed by atoms with Gasteiger partial charge in [0.05, 0.1) is 22.6 Å². The molecule has 0 aliphatic heterocycles. The molecule has 0 fully saturated rings. The summed E-state index contributed by atoms with van der Waals surface area (Å²) in [6.45, 7) is 2.74. The molecule has 0 unspecified atom stereocenters. The lowest BCUT2D eigenvalue weighted by molar-refractivity contribution is 0.102. The summed E-state index contributed by atoms with van der Waals surface area (Å²) in [6, 6.07) is 5.71. The smallest absolute Gasteiger partial charge is 0.274 e. The minimum Gasteiger partial charge on any atom is -0.384 e. The molecule has 0 atom stereocenters.